The SMILES string of the molecule is O=C(Cc1ccc(F)cc1)OCCOc1ccc(Br)cc1. The zero-order chi connectivity index (χ0) is 15.1. The molecular weight excluding hydrogens is 339 g/mol. The van der Waals surface area contributed by atoms with Crippen molar-refractivity contribution in [2.24, 2.45) is 0 Å². The van der Waals surface area contributed by atoms with Crippen LogP contribution in [0.2, 0.25) is 0 Å². The largest absolute Gasteiger partial charge is 0.490 e. The summed E-state index contributed by atoms with van der Waals surface area (Å²) in [5.74, 6) is 0.0313. The Kier molecular flexibility index (Phi) is 5.75. The lowest BCUT2D eigenvalue weighted by molar-refractivity contribution is -0.143. The van der Waals surface area contributed by atoms with Crippen molar-refractivity contribution in [3.05, 3.63) is 64.4 Å². The molecule has 0 saturated carbocycles. The van der Waals surface area contributed by atoms with E-state index < -0.39 is 0 Å². The second kappa shape index (κ2) is 7.78. The van der Waals surface area contributed by atoms with Crippen molar-refractivity contribution in [1.29, 1.82) is 0 Å². The summed E-state index contributed by atoms with van der Waals surface area (Å²) in [5, 5.41) is 0. The fourth-order valence-electron chi connectivity index (χ4n) is 1.67. The highest BCUT2D eigenvalue weighted by Gasteiger charge is 2.05. The highest BCUT2D eigenvalue weighted by Crippen LogP contribution is 2.15. The summed E-state index contributed by atoms with van der Waals surface area (Å²) in [6.07, 6.45) is 0.124. The van der Waals surface area contributed by atoms with Crippen molar-refractivity contribution < 1.29 is 18.7 Å². The molecule has 0 fully saturated rings. The molecule has 0 saturated heterocycles. The van der Waals surface area contributed by atoms with Gasteiger partial charge in [-0.15, -0.1) is 0 Å². The fourth-order valence-corrected chi connectivity index (χ4v) is 1.93. The Morgan fingerprint density at radius 1 is 1.00 bits per heavy atom. The van der Waals surface area contributed by atoms with E-state index in [1.54, 1.807) is 12.1 Å². The Hall–Kier alpha value is -1.88. The van der Waals surface area contributed by atoms with Crippen LogP contribution in [0.4, 0.5) is 4.39 Å². The maximum atomic E-state index is 12.7. The molecule has 5 heteroatoms. The van der Waals surface area contributed by atoms with Crippen LogP contribution < -0.4 is 4.74 Å². The van der Waals surface area contributed by atoms with Gasteiger partial charge in [0.15, 0.2) is 0 Å². The molecule has 21 heavy (non-hydrogen) atoms. The van der Waals surface area contributed by atoms with E-state index in [9.17, 15) is 9.18 Å². The van der Waals surface area contributed by atoms with Gasteiger partial charge < -0.3 is 9.47 Å². The third-order valence-electron chi connectivity index (χ3n) is 2.69. The van der Waals surface area contributed by atoms with Gasteiger partial charge in [0.2, 0.25) is 0 Å². The van der Waals surface area contributed by atoms with Crippen LogP contribution in [0.5, 0.6) is 5.75 Å². The number of carbonyl (C=O) groups excluding carboxylic acids is 1. The minimum absolute atomic E-state index is 0.124. The molecule has 2 rings (SSSR count). The van der Waals surface area contributed by atoms with Crippen LogP contribution in [0, 0.1) is 5.82 Å². The summed E-state index contributed by atoms with van der Waals surface area (Å²) >= 11 is 3.33. The Labute approximate surface area is 130 Å². The van der Waals surface area contributed by atoms with Gasteiger partial charge in [0.1, 0.15) is 24.8 Å². The molecule has 0 amide bonds. The number of benzene rings is 2. The molecule has 0 aromatic heterocycles. The molecule has 3 nitrogen and oxygen atoms in total. The molecule has 110 valence electrons. The Bertz CT molecular complexity index is 581. The topological polar surface area (TPSA) is 35.5 Å². The number of rotatable bonds is 6. The van der Waals surface area contributed by atoms with Crippen molar-refractivity contribution in [3.63, 3.8) is 0 Å². The second-order valence-corrected chi connectivity index (χ2v) is 5.24. The summed E-state index contributed by atoms with van der Waals surface area (Å²) in [7, 11) is 0. The van der Waals surface area contributed by atoms with Crippen molar-refractivity contribution in [2.45, 2.75) is 6.42 Å². The number of esters is 1. The maximum Gasteiger partial charge on any atom is 0.310 e. The van der Waals surface area contributed by atoms with E-state index in [0.29, 0.717) is 5.75 Å². The van der Waals surface area contributed by atoms with Gasteiger partial charge in [-0.25, -0.2) is 4.39 Å². The molecule has 0 aliphatic rings. The molecule has 0 heterocycles. The zero-order valence-corrected chi connectivity index (χ0v) is 12.8. The van der Waals surface area contributed by atoms with E-state index in [1.807, 2.05) is 24.3 Å². The van der Waals surface area contributed by atoms with Crippen LogP contribution in [0.3, 0.4) is 0 Å². The summed E-state index contributed by atoms with van der Waals surface area (Å²) in [5.41, 5.74) is 0.718. The first-order valence-corrected chi connectivity index (χ1v) is 7.21. The third-order valence-corrected chi connectivity index (χ3v) is 3.22. The Morgan fingerprint density at radius 3 is 2.33 bits per heavy atom. The van der Waals surface area contributed by atoms with Crippen molar-refractivity contribution in [2.75, 3.05) is 13.2 Å². The molecule has 0 bridgehead atoms. The summed E-state index contributed by atoms with van der Waals surface area (Å²) < 4.78 is 24.2. The molecular formula is C16H14BrFO3. The van der Waals surface area contributed by atoms with Crippen LogP contribution in [0.15, 0.2) is 53.0 Å². The van der Waals surface area contributed by atoms with Gasteiger partial charge in [0, 0.05) is 4.47 Å². The molecule has 2 aromatic carbocycles. The van der Waals surface area contributed by atoms with Crippen LogP contribution in [0.1, 0.15) is 5.56 Å². The van der Waals surface area contributed by atoms with Crippen molar-refractivity contribution >= 4 is 21.9 Å². The number of ether oxygens (including phenoxy) is 2. The molecule has 0 N–H and O–H groups in total. The van der Waals surface area contributed by atoms with Crippen molar-refractivity contribution in [3.8, 4) is 5.75 Å². The molecule has 0 radical (unpaired) electrons. The third kappa shape index (κ3) is 5.55. The first-order chi connectivity index (χ1) is 10.1. The average molecular weight is 353 g/mol. The van der Waals surface area contributed by atoms with E-state index in [4.69, 9.17) is 9.47 Å². The van der Waals surface area contributed by atoms with Crippen LogP contribution in [0.25, 0.3) is 0 Å². The van der Waals surface area contributed by atoms with E-state index in [-0.39, 0.29) is 31.4 Å². The van der Waals surface area contributed by atoms with Gasteiger partial charge in [-0.2, -0.15) is 0 Å². The molecule has 0 aliphatic carbocycles. The van der Waals surface area contributed by atoms with Crippen LogP contribution in [-0.2, 0) is 16.0 Å². The van der Waals surface area contributed by atoms with Gasteiger partial charge in [-0.1, -0.05) is 28.1 Å². The van der Waals surface area contributed by atoms with E-state index in [2.05, 4.69) is 15.9 Å². The maximum absolute atomic E-state index is 12.7. The highest BCUT2D eigenvalue weighted by molar-refractivity contribution is 9.10. The standard InChI is InChI=1S/C16H14BrFO3/c17-13-3-7-15(8-4-13)20-9-10-21-16(19)11-12-1-5-14(18)6-2-12/h1-8H,9-11H2. The first-order valence-electron chi connectivity index (χ1n) is 6.42. The molecule has 0 aliphatic heterocycles. The van der Waals surface area contributed by atoms with Crippen LogP contribution >= 0.6 is 15.9 Å². The number of carbonyl (C=O) groups is 1. The summed E-state index contributed by atoms with van der Waals surface area (Å²) in [4.78, 5) is 11.6. The van der Waals surface area contributed by atoms with E-state index >= 15 is 0 Å². The van der Waals surface area contributed by atoms with Gasteiger partial charge in [-0.05, 0) is 42.0 Å². The zero-order valence-electron chi connectivity index (χ0n) is 11.2. The highest BCUT2D eigenvalue weighted by atomic mass is 79.9. The van der Waals surface area contributed by atoms with Crippen LogP contribution in [-0.4, -0.2) is 19.2 Å². The lowest BCUT2D eigenvalue weighted by Crippen LogP contribution is -2.14. The minimum Gasteiger partial charge on any atom is -0.490 e. The molecule has 0 spiro atoms. The Balaban J connectivity index is 1.67. The minimum atomic E-state index is -0.360. The Morgan fingerprint density at radius 2 is 1.67 bits per heavy atom. The average Bonchev–Trinajstić information content (AvgIpc) is 2.48. The lowest BCUT2D eigenvalue weighted by Gasteiger charge is -2.07. The second-order valence-electron chi connectivity index (χ2n) is 4.33. The van der Waals surface area contributed by atoms with Crippen molar-refractivity contribution in [1.82, 2.24) is 0 Å². The van der Waals surface area contributed by atoms with Gasteiger partial charge in [0.05, 0.1) is 6.42 Å². The molecule has 0 unspecified atom stereocenters. The molecule has 2 aromatic rings. The first kappa shape index (κ1) is 15.5. The predicted octanol–water partition coefficient (Wildman–Crippen LogP) is 3.75. The fraction of sp³-hybridized carbons (Fsp3) is 0.188. The van der Waals surface area contributed by atoms with E-state index in [0.717, 1.165) is 10.0 Å². The quantitative estimate of drug-likeness (QED) is 0.586. The van der Waals surface area contributed by atoms with Gasteiger partial charge in [-0.3, -0.25) is 4.79 Å². The monoisotopic (exact) mass is 352 g/mol. The lowest BCUT2D eigenvalue weighted by atomic mass is 10.1. The summed E-state index contributed by atoms with van der Waals surface area (Å²) in [6.45, 7) is 0.465. The normalized spacial score (nSPS) is 10.2. The molecule has 0 atom stereocenters. The van der Waals surface area contributed by atoms with Gasteiger partial charge >= 0.3 is 5.97 Å². The number of hydrogen-bond donors (Lipinski definition) is 0. The summed E-state index contributed by atoms with van der Waals surface area (Å²) in [6, 6.07) is 13.2. The number of hydrogen-bond acceptors (Lipinski definition) is 3. The predicted molar refractivity (Wildman–Crippen MR) is 80.7 cm³/mol. The van der Waals surface area contributed by atoms with E-state index in [1.165, 1.54) is 12.1 Å². The van der Waals surface area contributed by atoms with Gasteiger partial charge in [0.25, 0.3) is 0 Å². The smallest absolute Gasteiger partial charge is 0.310 e. The number of halogens is 2.